The first-order valence-corrected chi connectivity index (χ1v) is 10.8. The molecule has 2 aliphatic heterocycles. The molecule has 1 N–H and O–H groups in total. The molecule has 2 heterocycles. The molecule has 0 aromatic heterocycles. The van der Waals surface area contributed by atoms with Gasteiger partial charge in [0.2, 0.25) is 0 Å². The van der Waals surface area contributed by atoms with E-state index in [1.165, 1.54) is 0 Å². The molecule has 3 rings (SSSR count). The zero-order valence-electron chi connectivity index (χ0n) is 17.0. The highest BCUT2D eigenvalue weighted by atomic mass is 32.2. The summed E-state index contributed by atoms with van der Waals surface area (Å²) in [5.41, 5.74) is 1.54. The van der Waals surface area contributed by atoms with Crippen molar-refractivity contribution in [1.82, 2.24) is 9.62 Å². The third-order valence-corrected chi connectivity index (χ3v) is 5.75. The Morgan fingerprint density at radius 3 is 2.21 bits per heavy atom. The van der Waals surface area contributed by atoms with E-state index in [1.54, 1.807) is 18.9 Å². The van der Waals surface area contributed by atoms with Gasteiger partial charge in [-0.3, -0.25) is 9.59 Å². The molecule has 0 radical (unpaired) electrons. The van der Waals surface area contributed by atoms with Crippen LogP contribution in [0.5, 0.6) is 0 Å². The smallest absolute Gasteiger partial charge is 0.135 e. The molecule has 0 saturated carbocycles. The van der Waals surface area contributed by atoms with Crippen LogP contribution < -0.4 is 5.32 Å². The summed E-state index contributed by atoms with van der Waals surface area (Å²) in [5.74, 6) is 1.57. The van der Waals surface area contributed by atoms with E-state index < -0.39 is 0 Å². The number of benzene rings is 1. The molecule has 2 fully saturated rings. The van der Waals surface area contributed by atoms with Crippen molar-refractivity contribution in [2.24, 2.45) is 5.92 Å². The van der Waals surface area contributed by atoms with Crippen LogP contribution in [0, 0.1) is 11.7 Å². The second-order valence-electron chi connectivity index (χ2n) is 6.45. The van der Waals surface area contributed by atoms with E-state index in [0.29, 0.717) is 36.1 Å². The molecule has 0 spiro atoms. The van der Waals surface area contributed by atoms with Crippen LogP contribution in [0.1, 0.15) is 59.1 Å². The first-order chi connectivity index (χ1) is 13.0. The zero-order valence-corrected chi connectivity index (χ0v) is 17.8. The number of rotatable bonds is 5. The minimum absolute atomic E-state index is 0. The summed E-state index contributed by atoms with van der Waals surface area (Å²) in [6.07, 6.45) is 1.98. The summed E-state index contributed by atoms with van der Waals surface area (Å²) >= 11 is 1.63. The summed E-state index contributed by atoms with van der Waals surface area (Å²) in [6, 6.07) is 5.59. The number of piperidine rings is 1. The van der Waals surface area contributed by atoms with E-state index in [1.807, 2.05) is 39.0 Å². The van der Waals surface area contributed by atoms with Crippen LogP contribution in [0.4, 0.5) is 4.39 Å². The van der Waals surface area contributed by atoms with Gasteiger partial charge in [0.1, 0.15) is 17.4 Å². The van der Waals surface area contributed by atoms with E-state index in [-0.39, 0.29) is 13.2 Å². The Hall–Kier alpha value is -1.24. The number of nitrogens with zero attached hydrogens (tertiary/aromatic N) is 1. The Kier molecular flexibility index (Phi) is 14.1. The van der Waals surface area contributed by atoms with Crippen LogP contribution in [0.3, 0.4) is 0 Å². The summed E-state index contributed by atoms with van der Waals surface area (Å²) in [5, 5.41) is 3.02. The van der Waals surface area contributed by atoms with E-state index >= 15 is 0 Å². The van der Waals surface area contributed by atoms with Crippen LogP contribution in [0.2, 0.25) is 0 Å². The van der Waals surface area contributed by atoms with Crippen molar-refractivity contribution < 1.29 is 14.0 Å². The Morgan fingerprint density at radius 1 is 1.21 bits per heavy atom. The van der Waals surface area contributed by atoms with Gasteiger partial charge in [-0.25, -0.2) is 8.70 Å². The third kappa shape index (κ3) is 8.84. The molecule has 1 aromatic carbocycles. The SMILES string of the molecule is C.CC.CC(=O)C1CNC1.CCc1cccc(CSN2CCC(=O)CC2)c1F. The normalized spacial score (nSPS) is 16.5. The molecule has 28 heavy (non-hydrogen) atoms. The van der Waals surface area contributed by atoms with Gasteiger partial charge in [-0.05, 0) is 24.5 Å². The number of ketones is 2. The van der Waals surface area contributed by atoms with Gasteiger partial charge in [-0.15, -0.1) is 0 Å². The van der Waals surface area contributed by atoms with Gasteiger partial charge in [-0.1, -0.05) is 58.3 Å². The first kappa shape index (κ1) is 26.8. The van der Waals surface area contributed by atoms with E-state index in [0.717, 1.165) is 43.7 Å². The highest BCUT2D eigenvalue weighted by Crippen LogP contribution is 2.23. The number of Topliss-reactive ketones (excluding diaryl/α,β-unsaturated/α-hetero) is 2. The van der Waals surface area contributed by atoms with Crippen molar-refractivity contribution in [2.45, 2.75) is 60.1 Å². The highest BCUT2D eigenvalue weighted by Gasteiger charge is 2.20. The average Bonchev–Trinajstić information content (AvgIpc) is 2.62. The van der Waals surface area contributed by atoms with E-state index in [2.05, 4.69) is 9.62 Å². The fourth-order valence-corrected chi connectivity index (χ4v) is 3.60. The van der Waals surface area contributed by atoms with Crippen molar-refractivity contribution in [3.8, 4) is 0 Å². The Labute approximate surface area is 174 Å². The van der Waals surface area contributed by atoms with E-state index in [9.17, 15) is 14.0 Å². The van der Waals surface area contributed by atoms with Gasteiger partial charge in [0.15, 0.2) is 0 Å². The molecular weight excluding hydrogens is 375 g/mol. The zero-order chi connectivity index (χ0) is 20.2. The minimum atomic E-state index is -0.0689. The fraction of sp³-hybridized carbons (Fsp3) is 0.636. The number of nitrogens with one attached hydrogen (secondary N) is 1. The summed E-state index contributed by atoms with van der Waals surface area (Å²) < 4.78 is 16.2. The number of halogens is 1. The van der Waals surface area contributed by atoms with Crippen molar-refractivity contribution in [3.63, 3.8) is 0 Å². The molecule has 160 valence electrons. The molecule has 0 aliphatic carbocycles. The van der Waals surface area contributed by atoms with Crippen LogP contribution >= 0.6 is 11.9 Å². The van der Waals surface area contributed by atoms with Gasteiger partial charge in [0.25, 0.3) is 0 Å². The van der Waals surface area contributed by atoms with Gasteiger partial charge < -0.3 is 5.32 Å². The standard InChI is InChI=1S/C14H18FNOS.C5H9NO.C2H6.CH4/c1-2-11-4-3-5-12(14(11)15)10-18-16-8-6-13(17)7-9-16;1-4(7)5-2-6-3-5;1-2;/h3-5H,2,6-10H2,1H3;5-6H,2-3H2,1H3;1-2H3;1H4. The summed E-state index contributed by atoms with van der Waals surface area (Å²) in [7, 11) is 0. The Balaban J connectivity index is 0.000000613. The highest BCUT2D eigenvalue weighted by molar-refractivity contribution is 7.96. The Morgan fingerprint density at radius 2 is 1.79 bits per heavy atom. The van der Waals surface area contributed by atoms with Crippen LogP contribution in [0.25, 0.3) is 0 Å². The van der Waals surface area contributed by atoms with Crippen molar-refractivity contribution in [1.29, 1.82) is 0 Å². The molecule has 0 amide bonds. The molecule has 1 aromatic rings. The second-order valence-corrected chi connectivity index (χ2v) is 7.51. The van der Waals surface area contributed by atoms with Gasteiger partial charge in [-0.2, -0.15) is 0 Å². The second kappa shape index (κ2) is 14.7. The first-order valence-electron chi connectivity index (χ1n) is 9.88. The largest absolute Gasteiger partial charge is 0.315 e. The predicted molar refractivity (Wildman–Crippen MR) is 118 cm³/mol. The summed E-state index contributed by atoms with van der Waals surface area (Å²) in [6.45, 7) is 11.0. The number of hydrogen-bond donors (Lipinski definition) is 1. The molecular formula is C22H37FN2O2S. The lowest BCUT2D eigenvalue weighted by Gasteiger charge is -2.24. The third-order valence-electron chi connectivity index (χ3n) is 4.58. The van der Waals surface area contributed by atoms with Gasteiger partial charge in [0, 0.05) is 50.7 Å². The van der Waals surface area contributed by atoms with Crippen LogP contribution in [-0.2, 0) is 21.8 Å². The topological polar surface area (TPSA) is 49.4 Å². The lowest BCUT2D eigenvalue weighted by atomic mass is 10.00. The number of aryl methyl sites for hydroxylation is 1. The van der Waals surface area contributed by atoms with Crippen LogP contribution in [0.15, 0.2) is 18.2 Å². The minimum Gasteiger partial charge on any atom is -0.315 e. The predicted octanol–water partition coefficient (Wildman–Crippen LogP) is 4.66. The quantitative estimate of drug-likeness (QED) is 0.713. The van der Waals surface area contributed by atoms with Crippen LogP contribution in [-0.4, -0.2) is 42.1 Å². The van der Waals surface area contributed by atoms with Crippen molar-refractivity contribution >= 4 is 23.5 Å². The number of hydrogen-bond acceptors (Lipinski definition) is 5. The molecule has 0 atom stereocenters. The maximum absolute atomic E-state index is 14.0. The van der Waals surface area contributed by atoms with E-state index in [4.69, 9.17) is 0 Å². The maximum atomic E-state index is 14.0. The monoisotopic (exact) mass is 412 g/mol. The molecule has 2 saturated heterocycles. The lowest BCUT2D eigenvalue weighted by molar-refractivity contribution is -0.122. The average molecular weight is 413 g/mol. The maximum Gasteiger partial charge on any atom is 0.135 e. The molecule has 6 heteroatoms. The molecule has 0 bridgehead atoms. The van der Waals surface area contributed by atoms with Gasteiger partial charge >= 0.3 is 0 Å². The lowest BCUT2D eigenvalue weighted by Crippen LogP contribution is -2.45. The summed E-state index contributed by atoms with van der Waals surface area (Å²) in [4.78, 5) is 21.5. The van der Waals surface area contributed by atoms with Gasteiger partial charge in [0.05, 0.1) is 0 Å². The van der Waals surface area contributed by atoms with Crippen molar-refractivity contribution in [3.05, 3.63) is 35.1 Å². The fourth-order valence-electron chi connectivity index (χ4n) is 2.62. The molecule has 4 nitrogen and oxygen atoms in total. The number of carbonyl (C=O) groups is 2. The molecule has 0 unspecified atom stereocenters. The van der Waals surface area contributed by atoms with Crippen molar-refractivity contribution in [2.75, 3.05) is 26.2 Å². The Bertz CT molecular complexity index is 596. The number of carbonyl (C=O) groups excluding carboxylic acids is 2. The molecule has 2 aliphatic rings.